The van der Waals surface area contributed by atoms with Gasteiger partial charge < -0.3 is 5.73 Å². The van der Waals surface area contributed by atoms with E-state index in [2.05, 4.69) is 24.0 Å². The number of benzene rings is 1. The van der Waals surface area contributed by atoms with Crippen LogP contribution in [0.3, 0.4) is 0 Å². The molecule has 0 aromatic heterocycles. The van der Waals surface area contributed by atoms with E-state index >= 15 is 0 Å². The molecule has 0 saturated carbocycles. The molecule has 1 aromatic carbocycles. The first-order valence-electron chi connectivity index (χ1n) is 5.64. The number of nitrogens with zero attached hydrogens (tertiary/aromatic N) is 2. The molecule has 0 heterocycles. The van der Waals surface area contributed by atoms with Crippen molar-refractivity contribution in [1.82, 2.24) is 4.90 Å². The molecule has 2 N–H and O–H groups in total. The minimum atomic E-state index is 0.671. The summed E-state index contributed by atoms with van der Waals surface area (Å²) in [4.78, 5) is 2.28. The molecule has 1 rings (SSSR count). The Hall–Kier alpha value is -1.37. The normalized spacial score (nSPS) is 10.4. The quantitative estimate of drug-likeness (QED) is 0.816. The van der Waals surface area contributed by atoms with Crippen LogP contribution >= 0.6 is 0 Å². The second-order valence-electron chi connectivity index (χ2n) is 3.86. The number of hydrogen-bond acceptors (Lipinski definition) is 3. The number of rotatable bonds is 5. The molecule has 0 amide bonds. The van der Waals surface area contributed by atoms with E-state index in [1.165, 1.54) is 5.56 Å². The lowest BCUT2D eigenvalue weighted by Gasteiger charge is -2.20. The standard InChI is InChI=1S/C13H19N3/c1-3-16(8-7-14)10-13-6-4-5-12(9-15)11(13)2/h4-6H,3,7-8,10,14H2,1-2H3. The third-order valence-corrected chi connectivity index (χ3v) is 2.85. The summed E-state index contributed by atoms with van der Waals surface area (Å²) in [5, 5.41) is 8.95. The van der Waals surface area contributed by atoms with E-state index in [0.29, 0.717) is 6.54 Å². The minimum absolute atomic E-state index is 0.671. The van der Waals surface area contributed by atoms with Crippen LogP contribution in [0.2, 0.25) is 0 Å². The molecule has 3 nitrogen and oxygen atoms in total. The predicted molar refractivity (Wildman–Crippen MR) is 65.9 cm³/mol. The van der Waals surface area contributed by atoms with Gasteiger partial charge >= 0.3 is 0 Å². The second kappa shape index (κ2) is 6.26. The summed E-state index contributed by atoms with van der Waals surface area (Å²) < 4.78 is 0. The maximum atomic E-state index is 8.95. The van der Waals surface area contributed by atoms with Crippen molar-refractivity contribution in [3.8, 4) is 6.07 Å². The van der Waals surface area contributed by atoms with Gasteiger partial charge in [0.15, 0.2) is 0 Å². The fourth-order valence-electron chi connectivity index (χ4n) is 1.75. The van der Waals surface area contributed by atoms with E-state index in [4.69, 9.17) is 11.0 Å². The molecule has 0 radical (unpaired) electrons. The van der Waals surface area contributed by atoms with Crippen LogP contribution in [-0.4, -0.2) is 24.5 Å². The highest BCUT2D eigenvalue weighted by molar-refractivity contribution is 5.41. The summed E-state index contributed by atoms with van der Waals surface area (Å²) in [5.74, 6) is 0. The molecule has 0 aliphatic carbocycles. The van der Waals surface area contributed by atoms with Gasteiger partial charge in [0, 0.05) is 19.6 Å². The van der Waals surface area contributed by atoms with Crippen LogP contribution in [0.15, 0.2) is 18.2 Å². The highest BCUT2D eigenvalue weighted by atomic mass is 15.1. The number of nitriles is 1. The van der Waals surface area contributed by atoms with Gasteiger partial charge in [-0.3, -0.25) is 4.90 Å². The van der Waals surface area contributed by atoms with Crippen LogP contribution in [0.25, 0.3) is 0 Å². The summed E-state index contributed by atoms with van der Waals surface area (Å²) in [6, 6.07) is 8.10. The lowest BCUT2D eigenvalue weighted by molar-refractivity contribution is 0.287. The summed E-state index contributed by atoms with van der Waals surface area (Å²) in [6.45, 7) is 7.54. The van der Waals surface area contributed by atoms with E-state index in [1.807, 2.05) is 19.1 Å². The molecule has 0 aliphatic heterocycles. The Labute approximate surface area is 97.5 Å². The first-order valence-corrected chi connectivity index (χ1v) is 5.64. The Kier molecular flexibility index (Phi) is 4.97. The van der Waals surface area contributed by atoms with Crippen molar-refractivity contribution in [1.29, 1.82) is 5.26 Å². The van der Waals surface area contributed by atoms with Gasteiger partial charge in [-0.05, 0) is 30.7 Å². The molecule has 16 heavy (non-hydrogen) atoms. The largest absolute Gasteiger partial charge is 0.329 e. The zero-order valence-electron chi connectivity index (χ0n) is 10.0. The first kappa shape index (κ1) is 12.7. The zero-order valence-corrected chi connectivity index (χ0v) is 10.0. The van der Waals surface area contributed by atoms with E-state index < -0.39 is 0 Å². The lowest BCUT2D eigenvalue weighted by atomic mass is 10.0. The topological polar surface area (TPSA) is 53.0 Å². The fraction of sp³-hybridized carbons (Fsp3) is 0.462. The molecule has 0 bridgehead atoms. The monoisotopic (exact) mass is 217 g/mol. The maximum absolute atomic E-state index is 8.95. The highest BCUT2D eigenvalue weighted by Crippen LogP contribution is 2.14. The van der Waals surface area contributed by atoms with E-state index in [-0.39, 0.29) is 0 Å². The maximum Gasteiger partial charge on any atom is 0.0994 e. The number of hydrogen-bond donors (Lipinski definition) is 1. The van der Waals surface area contributed by atoms with Crippen LogP contribution in [0.5, 0.6) is 0 Å². The summed E-state index contributed by atoms with van der Waals surface area (Å²) in [7, 11) is 0. The fourth-order valence-corrected chi connectivity index (χ4v) is 1.75. The summed E-state index contributed by atoms with van der Waals surface area (Å²) in [5.41, 5.74) is 8.62. The van der Waals surface area contributed by atoms with Crippen LogP contribution in [-0.2, 0) is 6.54 Å². The third-order valence-electron chi connectivity index (χ3n) is 2.85. The van der Waals surface area contributed by atoms with Crippen LogP contribution in [0, 0.1) is 18.3 Å². The smallest absolute Gasteiger partial charge is 0.0994 e. The van der Waals surface area contributed by atoms with E-state index in [1.54, 1.807) is 0 Å². The van der Waals surface area contributed by atoms with Crippen molar-refractivity contribution in [2.45, 2.75) is 20.4 Å². The Balaban J connectivity index is 2.84. The second-order valence-corrected chi connectivity index (χ2v) is 3.86. The molecule has 0 atom stereocenters. The van der Waals surface area contributed by atoms with Crippen molar-refractivity contribution in [2.75, 3.05) is 19.6 Å². The first-order chi connectivity index (χ1) is 7.72. The Morgan fingerprint density at radius 2 is 2.19 bits per heavy atom. The van der Waals surface area contributed by atoms with Crippen molar-refractivity contribution in [2.24, 2.45) is 5.73 Å². The van der Waals surface area contributed by atoms with Gasteiger partial charge in [0.1, 0.15) is 0 Å². The minimum Gasteiger partial charge on any atom is -0.329 e. The lowest BCUT2D eigenvalue weighted by Crippen LogP contribution is -2.29. The average Bonchev–Trinajstić information content (AvgIpc) is 2.31. The van der Waals surface area contributed by atoms with E-state index in [0.717, 1.165) is 30.8 Å². The Morgan fingerprint density at radius 3 is 2.75 bits per heavy atom. The molecule has 86 valence electrons. The molecule has 0 saturated heterocycles. The van der Waals surface area contributed by atoms with Crippen LogP contribution in [0.1, 0.15) is 23.6 Å². The molecule has 0 aliphatic rings. The van der Waals surface area contributed by atoms with Gasteiger partial charge in [-0.2, -0.15) is 5.26 Å². The van der Waals surface area contributed by atoms with Gasteiger partial charge in [-0.1, -0.05) is 19.1 Å². The van der Waals surface area contributed by atoms with Gasteiger partial charge in [0.05, 0.1) is 11.6 Å². The number of nitrogens with two attached hydrogens (primary N) is 1. The van der Waals surface area contributed by atoms with Gasteiger partial charge in [0.2, 0.25) is 0 Å². The SMILES string of the molecule is CCN(CCN)Cc1cccc(C#N)c1C. The van der Waals surface area contributed by atoms with Crippen LogP contribution in [0.4, 0.5) is 0 Å². The highest BCUT2D eigenvalue weighted by Gasteiger charge is 2.07. The summed E-state index contributed by atoms with van der Waals surface area (Å²) in [6.07, 6.45) is 0. The van der Waals surface area contributed by atoms with Gasteiger partial charge in [0.25, 0.3) is 0 Å². The molecular weight excluding hydrogens is 198 g/mol. The molecular formula is C13H19N3. The molecule has 3 heteroatoms. The van der Waals surface area contributed by atoms with Gasteiger partial charge in [-0.25, -0.2) is 0 Å². The van der Waals surface area contributed by atoms with Crippen molar-refractivity contribution >= 4 is 0 Å². The molecule has 0 fully saturated rings. The van der Waals surface area contributed by atoms with Crippen molar-refractivity contribution in [3.05, 3.63) is 34.9 Å². The molecule has 0 unspecified atom stereocenters. The van der Waals surface area contributed by atoms with Crippen molar-refractivity contribution in [3.63, 3.8) is 0 Å². The Bertz CT molecular complexity index is 379. The van der Waals surface area contributed by atoms with E-state index in [9.17, 15) is 0 Å². The third kappa shape index (κ3) is 3.06. The van der Waals surface area contributed by atoms with Crippen molar-refractivity contribution < 1.29 is 0 Å². The molecule has 1 aromatic rings. The number of likely N-dealkylation sites (N-methyl/N-ethyl adjacent to an activating group) is 1. The molecule has 0 spiro atoms. The summed E-state index contributed by atoms with van der Waals surface area (Å²) >= 11 is 0. The van der Waals surface area contributed by atoms with Crippen LogP contribution < -0.4 is 5.73 Å². The average molecular weight is 217 g/mol. The Morgan fingerprint density at radius 1 is 1.44 bits per heavy atom. The predicted octanol–water partition coefficient (Wildman–Crippen LogP) is 1.65. The zero-order chi connectivity index (χ0) is 12.0. The van der Waals surface area contributed by atoms with Gasteiger partial charge in [-0.15, -0.1) is 0 Å².